The van der Waals surface area contributed by atoms with Crippen LogP contribution in [0.2, 0.25) is 0 Å². The van der Waals surface area contributed by atoms with Crippen molar-refractivity contribution >= 4 is 37.3 Å². The van der Waals surface area contributed by atoms with Crippen LogP contribution in [0.15, 0.2) is 82.6 Å². The average Bonchev–Trinajstić information content (AvgIpc) is 2.71. The number of aliphatic carboxylic acids is 1. The van der Waals surface area contributed by atoms with Crippen molar-refractivity contribution < 1.29 is 26.7 Å². The zero-order chi connectivity index (χ0) is 22.8. The van der Waals surface area contributed by atoms with Gasteiger partial charge in [-0.1, -0.05) is 48.5 Å². The highest BCUT2D eigenvalue weighted by molar-refractivity contribution is 7.91. The summed E-state index contributed by atoms with van der Waals surface area (Å²) in [6.07, 6.45) is 3.73. The molecule has 0 aliphatic rings. The maximum atomic E-state index is 11.8. The number of benzene rings is 3. The topological polar surface area (TPSA) is 106 Å². The molecule has 0 unspecified atom stereocenters. The molecule has 0 heterocycles. The minimum atomic E-state index is -3.33. The summed E-state index contributed by atoms with van der Waals surface area (Å²) in [5.74, 6) is -1.11. The minimum Gasteiger partial charge on any atom is -0.478 e. The molecule has 1 N–H and O–H groups in total. The molecule has 0 saturated heterocycles. The molecule has 0 atom stereocenters. The summed E-state index contributed by atoms with van der Waals surface area (Å²) in [6.45, 7) is 0. The summed E-state index contributed by atoms with van der Waals surface area (Å²) in [5, 5.41) is 9.64. The van der Waals surface area contributed by atoms with Gasteiger partial charge < -0.3 is 5.11 Å². The van der Waals surface area contributed by atoms with Gasteiger partial charge in [0.05, 0.1) is 15.4 Å². The highest BCUT2D eigenvalue weighted by atomic mass is 32.2. The summed E-state index contributed by atoms with van der Waals surface area (Å²) in [7, 11) is -6.61. The second-order valence-corrected chi connectivity index (χ2v) is 11.1. The minimum absolute atomic E-state index is 0.0612. The zero-order valence-electron chi connectivity index (χ0n) is 16.8. The van der Waals surface area contributed by atoms with Gasteiger partial charge in [0, 0.05) is 12.5 Å². The number of carboxylic acid groups (broad SMARTS) is 1. The lowest BCUT2D eigenvalue weighted by molar-refractivity contribution is -0.130. The van der Waals surface area contributed by atoms with Gasteiger partial charge >= 0.3 is 5.97 Å². The molecule has 0 fully saturated rings. The molecule has 0 spiro atoms. The fraction of sp³-hybridized carbons (Fsp3) is 0.0870. The Labute approximate surface area is 181 Å². The maximum absolute atomic E-state index is 11.8. The summed E-state index contributed by atoms with van der Waals surface area (Å²) in [5.41, 5.74) is 2.72. The Kier molecular flexibility index (Phi) is 6.15. The molecule has 160 valence electrons. The lowest BCUT2D eigenvalue weighted by Crippen LogP contribution is -2.00. The SMILES string of the molecule is CS(=O)(=O)c1ccc(/C=C(/C(=O)O)c2ccc(-c3ccc(S(C)(=O)=O)cc3)cc2)cc1. The Bertz CT molecular complexity index is 1350. The average molecular weight is 457 g/mol. The maximum Gasteiger partial charge on any atom is 0.336 e. The smallest absolute Gasteiger partial charge is 0.336 e. The van der Waals surface area contributed by atoms with Gasteiger partial charge in [0.15, 0.2) is 19.7 Å². The van der Waals surface area contributed by atoms with Crippen LogP contribution in [0.25, 0.3) is 22.8 Å². The van der Waals surface area contributed by atoms with E-state index < -0.39 is 25.6 Å². The van der Waals surface area contributed by atoms with Crippen molar-refractivity contribution in [3.63, 3.8) is 0 Å². The van der Waals surface area contributed by atoms with Crippen molar-refractivity contribution in [2.45, 2.75) is 9.79 Å². The number of rotatable bonds is 6. The predicted octanol–water partition coefficient (Wildman–Crippen LogP) is 3.79. The summed E-state index contributed by atoms with van der Waals surface area (Å²) < 4.78 is 46.3. The van der Waals surface area contributed by atoms with Crippen LogP contribution in [0.5, 0.6) is 0 Å². The molecule has 0 bridgehead atoms. The summed E-state index contributed by atoms with van der Waals surface area (Å²) in [4.78, 5) is 12.2. The Morgan fingerprint density at radius 2 is 1.06 bits per heavy atom. The fourth-order valence-corrected chi connectivity index (χ4v) is 4.24. The lowest BCUT2D eigenvalue weighted by atomic mass is 9.99. The molecular weight excluding hydrogens is 436 g/mol. The molecule has 3 rings (SSSR count). The number of hydrogen-bond donors (Lipinski definition) is 1. The van der Waals surface area contributed by atoms with Crippen LogP contribution in [0, 0.1) is 0 Å². The van der Waals surface area contributed by atoms with Gasteiger partial charge in [-0.05, 0) is 52.6 Å². The van der Waals surface area contributed by atoms with E-state index in [4.69, 9.17) is 0 Å². The van der Waals surface area contributed by atoms with Crippen LogP contribution in [-0.2, 0) is 24.5 Å². The van der Waals surface area contributed by atoms with Gasteiger partial charge in [0.2, 0.25) is 0 Å². The second kappa shape index (κ2) is 8.49. The van der Waals surface area contributed by atoms with Crippen LogP contribution in [-0.4, -0.2) is 40.4 Å². The quantitative estimate of drug-likeness (QED) is 0.447. The molecule has 8 heteroatoms. The van der Waals surface area contributed by atoms with Crippen molar-refractivity contribution in [1.29, 1.82) is 0 Å². The number of carboxylic acids is 1. The second-order valence-electron chi connectivity index (χ2n) is 7.08. The van der Waals surface area contributed by atoms with Crippen LogP contribution in [0.3, 0.4) is 0 Å². The number of hydrogen-bond acceptors (Lipinski definition) is 5. The molecule has 31 heavy (non-hydrogen) atoms. The van der Waals surface area contributed by atoms with Crippen molar-refractivity contribution in [3.8, 4) is 11.1 Å². The normalized spacial score (nSPS) is 12.5. The van der Waals surface area contributed by atoms with E-state index in [1.807, 2.05) is 0 Å². The van der Waals surface area contributed by atoms with Gasteiger partial charge in [0.25, 0.3) is 0 Å². The lowest BCUT2D eigenvalue weighted by Gasteiger charge is -2.07. The van der Waals surface area contributed by atoms with Crippen molar-refractivity contribution in [2.75, 3.05) is 12.5 Å². The van der Waals surface area contributed by atoms with Gasteiger partial charge in [-0.2, -0.15) is 0 Å². The third-order valence-corrected chi connectivity index (χ3v) is 6.92. The Hall–Kier alpha value is -3.23. The van der Waals surface area contributed by atoms with E-state index in [1.165, 1.54) is 30.3 Å². The van der Waals surface area contributed by atoms with Crippen LogP contribution >= 0.6 is 0 Å². The van der Waals surface area contributed by atoms with Crippen LogP contribution in [0.4, 0.5) is 0 Å². The third-order valence-electron chi connectivity index (χ3n) is 4.66. The Balaban J connectivity index is 1.91. The fourth-order valence-electron chi connectivity index (χ4n) is 2.98. The van der Waals surface area contributed by atoms with E-state index in [0.717, 1.165) is 23.6 Å². The van der Waals surface area contributed by atoms with E-state index in [-0.39, 0.29) is 15.4 Å². The van der Waals surface area contributed by atoms with Crippen LogP contribution < -0.4 is 0 Å². The molecule has 3 aromatic carbocycles. The molecule has 0 aliphatic heterocycles. The van der Waals surface area contributed by atoms with Crippen molar-refractivity contribution in [3.05, 3.63) is 83.9 Å². The highest BCUT2D eigenvalue weighted by Gasteiger charge is 2.12. The van der Waals surface area contributed by atoms with Gasteiger partial charge in [-0.3, -0.25) is 0 Å². The molecule has 0 radical (unpaired) electrons. The zero-order valence-corrected chi connectivity index (χ0v) is 18.4. The van der Waals surface area contributed by atoms with E-state index in [2.05, 4.69) is 0 Å². The van der Waals surface area contributed by atoms with Gasteiger partial charge in [-0.25, -0.2) is 21.6 Å². The molecule has 0 aromatic heterocycles. The molecule has 0 saturated carbocycles. The Morgan fingerprint density at radius 1 is 0.677 bits per heavy atom. The van der Waals surface area contributed by atoms with Gasteiger partial charge in [-0.15, -0.1) is 0 Å². The van der Waals surface area contributed by atoms with E-state index >= 15 is 0 Å². The van der Waals surface area contributed by atoms with Crippen molar-refractivity contribution in [2.24, 2.45) is 0 Å². The molecule has 3 aromatic rings. The third kappa shape index (κ3) is 5.48. The monoisotopic (exact) mass is 456 g/mol. The predicted molar refractivity (Wildman–Crippen MR) is 120 cm³/mol. The summed E-state index contributed by atoms with van der Waals surface area (Å²) in [6, 6.07) is 19.3. The van der Waals surface area contributed by atoms with E-state index in [0.29, 0.717) is 11.1 Å². The molecule has 0 amide bonds. The van der Waals surface area contributed by atoms with Gasteiger partial charge in [0.1, 0.15) is 0 Å². The van der Waals surface area contributed by atoms with Crippen LogP contribution in [0.1, 0.15) is 11.1 Å². The largest absolute Gasteiger partial charge is 0.478 e. The first kappa shape index (κ1) is 22.5. The molecule has 0 aliphatic carbocycles. The van der Waals surface area contributed by atoms with E-state index in [1.54, 1.807) is 48.5 Å². The highest BCUT2D eigenvalue weighted by Crippen LogP contribution is 2.25. The molecular formula is C23H20O6S2. The first-order valence-electron chi connectivity index (χ1n) is 9.11. The van der Waals surface area contributed by atoms with E-state index in [9.17, 15) is 26.7 Å². The number of carbonyl (C=O) groups is 1. The standard InChI is InChI=1S/C23H20O6S2/c1-30(26,27)20-11-3-16(4-12-20)15-22(23(24)25)19-7-5-17(6-8-19)18-9-13-21(14-10-18)31(2,28)29/h3-15H,1-2H3,(H,24,25)/b22-15+. The first-order valence-corrected chi connectivity index (χ1v) is 12.9. The Morgan fingerprint density at radius 3 is 1.45 bits per heavy atom. The number of sulfone groups is 2. The summed E-state index contributed by atoms with van der Waals surface area (Å²) >= 11 is 0. The van der Waals surface area contributed by atoms with Crippen molar-refractivity contribution in [1.82, 2.24) is 0 Å². The first-order chi connectivity index (χ1) is 14.4. The molecule has 6 nitrogen and oxygen atoms in total.